The highest BCUT2D eigenvalue weighted by atomic mass is 79.9. The minimum Gasteiger partial charge on any atom is -0.493 e. The molecule has 1 fully saturated rings. The van der Waals surface area contributed by atoms with Gasteiger partial charge < -0.3 is 9.47 Å². The van der Waals surface area contributed by atoms with E-state index in [4.69, 9.17) is 9.47 Å². The van der Waals surface area contributed by atoms with Crippen molar-refractivity contribution in [2.24, 2.45) is 5.92 Å². The van der Waals surface area contributed by atoms with E-state index in [9.17, 15) is 14.4 Å². The first kappa shape index (κ1) is 25.9. The zero-order chi connectivity index (χ0) is 27.3. The Labute approximate surface area is 241 Å². The summed E-state index contributed by atoms with van der Waals surface area (Å²) in [6.07, 6.45) is 0. The summed E-state index contributed by atoms with van der Waals surface area (Å²) >= 11 is 5.88. The number of thioether (sulfide) groups is 1. The average Bonchev–Trinajstić information content (AvgIpc) is 3.40. The number of fused-ring (bicyclic) bond motifs is 2. The van der Waals surface area contributed by atoms with E-state index in [0.717, 1.165) is 36.8 Å². The smallest absolute Gasteiger partial charge is 0.308 e. The number of ether oxygens (including phenoxy) is 2. The van der Waals surface area contributed by atoms with Crippen LogP contribution in [0.25, 0.3) is 0 Å². The molecule has 6 rings (SSSR count). The number of hydrogen-bond acceptors (Lipinski definition) is 7. The Morgan fingerprint density at radius 1 is 0.872 bits per heavy atom. The Hall–Kier alpha value is -3.34. The predicted molar refractivity (Wildman–Crippen MR) is 155 cm³/mol. The molecule has 39 heavy (non-hydrogen) atoms. The van der Waals surface area contributed by atoms with Gasteiger partial charge in [-0.3, -0.25) is 19.0 Å². The Balaban J connectivity index is 1.51. The molecule has 1 saturated heterocycles. The number of imide groups is 1. The van der Waals surface area contributed by atoms with Crippen LogP contribution in [0, 0.1) is 5.92 Å². The van der Waals surface area contributed by atoms with Gasteiger partial charge in [-0.2, -0.15) is 0 Å². The molecule has 3 heterocycles. The lowest BCUT2D eigenvalue weighted by atomic mass is 9.83. The van der Waals surface area contributed by atoms with E-state index in [1.807, 2.05) is 54.6 Å². The highest BCUT2D eigenvalue weighted by Crippen LogP contribution is 2.54. The Kier molecular flexibility index (Phi) is 6.86. The number of rotatable bonds is 6. The molecule has 7 nitrogen and oxygen atoms in total. The molecule has 0 radical (unpaired) electrons. The van der Waals surface area contributed by atoms with Crippen molar-refractivity contribution in [1.82, 2.24) is 4.57 Å². The molecule has 0 N–H and O–H groups in total. The first-order valence-electron chi connectivity index (χ1n) is 12.2. The van der Waals surface area contributed by atoms with Gasteiger partial charge in [0.1, 0.15) is 5.25 Å². The first-order valence-corrected chi connectivity index (χ1v) is 14.7. The SMILES string of the molecule is COc1ccc([C@H]2c3sc(=O)n(Cc4ccccc4)c3S[C@H]3C(=O)N(c4ccc(Br)cc4)C(=O)[C@H]23)cc1OC. The van der Waals surface area contributed by atoms with Crippen LogP contribution in [0.4, 0.5) is 5.69 Å². The second kappa shape index (κ2) is 10.3. The fourth-order valence-electron chi connectivity index (χ4n) is 5.27. The van der Waals surface area contributed by atoms with Crippen LogP contribution in [-0.4, -0.2) is 35.9 Å². The Morgan fingerprint density at radius 2 is 1.59 bits per heavy atom. The van der Waals surface area contributed by atoms with Gasteiger partial charge in [-0.15, -0.1) is 0 Å². The Bertz CT molecular complexity index is 1630. The average molecular weight is 624 g/mol. The van der Waals surface area contributed by atoms with Gasteiger partial charge >= 0.3 is 4.87 Å². The normalized spacial score (nSPS) is 20.1. The van der Waals surface area contributed by atoms with Gasteiger partial charge in [0, 0.05) is 15.3 Å². The second-order valence-corrected chi connectivity index (χ2v) is 12.3. The molecule has 0 bridgehead atoms. The third-order valence-electron chi connectivity index (χ3n) is 7.08. The van der Waals surface area contributed by atoms with Crippen molar-refractivity contribution in [3.8, 4) is 11.5 Å². The van der Waals surface area contributed by atoms with E-state index < -0.39 is 17.1 Å². The van der Waals surface area contributed by atoms with E-state index in [0.29, 0.717) is 23.7 Å². The zero-order valence-corrected chi connectivity index (χ0v) is 24.2. The number of anilines is 1. The molecule has 0 spiro atoms. The molecule has 2 aliphatic rings. The van der Waals surface area contributed by atoms with E-state index >= 15 is 0 Å². The summed E-state index contributed by atoms with van der Waals surface area (Å²) < 4.78 is 13.6. The van der Waals surface area contributed by atoms with Crippen LogP contribution < -0.4 is 19.2 Å². The largest absolute Gasteiger partial charge is 0.493 e. The van der Waals surface area contributed by atoms with Gasteiger partial charge in [-0.25, -0.2) is 4.90 Å². The van der Waals surface area contributed by atoms with Crippen LogP contribution in [-0.2, 0) is 16.1 Å². The third kappa shape index (κ3) is 4.40. The topological polar surface area (TPSA) is 77.8 Å². The standard InChI is InChI=1S/C29H23BrN2O5S2/c1-36-20-13-8-17(14-21(20)37-2)22-23-24(27(34)32(26(23)33)19-11-9-18(30)10-12-19)38-28-25(22)39-29(35)31(28)15-16-6-4-3-5-7-16/h3-14,22-24H,15H2,1-2H3/t22-,23-,24-/m1/s1. The molecule has 2 aliphatic heterocycles. The number of thiazole rings is 1. The van der Waals surface area contributed by atoms with Crippen LogP contribution in [0.2, 0.25) is 0 Å². The number of carbonyl (C=O) groups is 2. The summed E-state index contributed by atoms with van der Waals surface area (Å²) in [7, 11) is 3.12. The van der Waals surface area contributed by atoms with Crippen LogP contribution in [0.1, 0.15) is 21.9 Å². The van der Waals surface area contributed by atoms with Gasteiger partial charge in [-0.05, 0) is 47.5 Å². The van der Waals surface area contributed by atoms with E-state index in [-0.39, 0.29) is 16.7 Å². The van der Waals surface area contributed by atoms with E-state index in [1.54, 1.807) is 37.0 Å². The van der Waals surface area contributed by atoms with E-state index in [1.165, 1.54) is 16.7 Å². The highest BCUT2D eigenvalue weighted by molar-refractivity contribution is 9.10. The van der Waals surface area contributed by atoms with Crippen molar-refractivity contribution in [3.05, 3.63) is 103 Å². The molecule has 198 valence electrons. The predicted octanol–water partition coefficient (Wildman–Crippen LogP) is 5.53. The summed E-state index contributed by atoms with van der Waals surface area (Å²) in [5.74, 6) is -0.663. The molecular weight excluding hydrogens is 600 g/mol. The molecular formula is C29H23BrN2O5S2. The second-order valence-electron chi connectivity index (χ2n) is 9.25. The minimum atomic E-state index is -0.681. The van der Waals surface area contributed by atoms with Gasteiger partial charge in [0.25, 0.3) is 0 Å². The van der Waals surface area contributed by atoms with Crippen molar-refractivity contribution < 1.29 is 19.1 Å². The summed E-state index contributed by atoms with van der Waals surface area (Å²) in [6.45, 7) is 0.382. The number of hydrogen-bond donors (Lipinski definition) is 0. The third-order valence-corrected chi connectivity index (χ3v) is 10.2. The van der Waals surface area contributed by atoms with Crippen LogP contribution in [0.15, 0.2) is 87.1 Å². The van der Waals surface area contributed by atoms with Crippen LogP contribution in [0.5, 0.6) is 11.5 Å². The fraction of sp³-hybridized carbons (Fsp3) is 0.207. The van der Waals surface area contributed by atoms with Gasteiger partial charge in [0.2, 0.25) is 11.8 Å². The molecule has 3 aromatic carbocycles. The maximum absolute atomic E-state index is 14.0. The van der Waals surface area contributed by atoms with Crippen molar-refractivity contribution in [2.75, 3.05) is 19.1 Å². The maximum atomic E-state index is 14.0. The molecule has 0 unspecified atom stereocenters. The number of aromatic nitrogens is 1. The number of amides is 2. The van der Waals surface area contributed by atoms with Crippen molar-refractivity contribution in [1.29, 1.82) is 0 Å². The van der Waals surface area contributed by atoms with Crippen molar-refractivity contribution >= 4 is 56.5 Å². The lowest BCUT2D eigenvalue weighted by Gasteiger charge is -2.31. The lowest BCUT2D eigenvalue weighted by molar-refractivity contribution is -0.122. The van der Waals surface area contributed by atoms with Crippen LogP contribution >= 0.6 is 39.0 Å². The molecule has 0 saturated carbocycles. The molecule has 1 aromatic heterocycles. The van der Waals surface area contributed by atoms with E-state index in [2.05, 4.69) is 15.9 Å². The molecule has 2 amide bonds. The number of methoxy groups -OCH3 is 2. The quantitative estimate of drug-likeness (QED) is 0.263. The summed E-state index contributed by atoms with van der Waals surface area (Å²) in [5, 5.41) is 0.0523. The zero-order valence-electron chi connectivity index (χ0n) is 21.0. The molecule has 10 heteroatoms. The fourth-order valence-corrected chi connectivity index (χ4v) is 8.31. The van der Waals surface area contributed by atoms with Crippen molar-refractivity contribution in [3.63, 3.8) is 0 Å². The van der Waals surface area contributed by atoms with Crippen LogP contribution in [0.3, 0.4) is 0 Å². The number of nitrogens with zero attached hydrogens (tertiary/aromatic N) is 2. The Morgan fingerprint density at radius 3 is 2.28 bits per heavy atom. The van der Waals surface area contributed by atoms with Gasteiger partial charge in [0.15, 0.2) is 11.5 Å². The summed E-state index contributed by atoms with van der Waals surface area (Å²) in [6, 6.07) is 22.4. The number of benzene rings is 3. The minimum absolute atomic E-state index is 0.119. The maximum Gasteiger partial charge on any atom is 0.308 e. The summed E-state index contributed by atoms with van der Waals surface area (Å²) in [5.41, 5.74) is 2.30. The van der Waals surface area contributed by atoms with Gasteiger partial charge in [0.05, 0.1) is 37.4 Å². The lowest BCUT2D eigenvalue weighted by Crippen LogP contribution is -2.32. The first-order chi connectivity index (χ1) is 18.9. The molecule has 0 aliphatic carbocycles. The number of halogens is 1. The summed E-state index contributed by atoms with van der Waals surface area (Å²) in [4.78, 5) is 43.2. The monoisotopic (exact) mass is 622 g/mol. The number of carbonyl (C=O) groups excluding carboxylic acids is 2. The van der Waals surface area contributed by atoms with Gasteiger partial charge in [-0.1, -0.05) is 75.4 Å². The highest BCUT2D eigenvalue weighted by Gasteiger charge is 2.56. The molecule has 3 atom stereocenters. The molecule has 4 aromatic rings. The van der Waals surface area contributed by atoms with Crippen molar-refractivity contribution in [2.45, 2.75) is 22.7 Å².